The summed E-state index contributed by atoms with van der Waals surface area (Å²) in [5, 5.41) is 7.56. The summed E-state index contributed by atoms with van der Waals surface area (Å²) in [6.07, 6.45) is 5.62. The van der Waals surface area contributed by atoms with Crippen LogP contribution in [0.2, 0.25) is 0 Å². The molecule has 5 heteroatoms. The van der Waals surface area contributed by atoms with E-state index < -0.39 is 0 Å². The van der Waals surface area contributed by atoms with Crippen molar-refractivity contribution in [3.8, 4) is 0 Å². The molecule has 94 valence electrons. The summed E-state index contributed by atoms with van der Waals surface area (Å²) in [6.45, 7) is 2.69. The van der Waals surface area contributed by atoms with Crippen molar-refractivity contribution >= 4 is 0 Å². The molecule has 1 N–H and O–H groups in total. The molecule has 2 saturated heterocycles. The molecular weight excluding hydrogens is 218 g/mol. The van der Waals surface area contributed by atoms with Crippen molar-refractivity contribution in [3.05, 3.63) is 11.7 Å². The van der Waals surface area contributed by atoms with E-state index in [1.165, 1.54) is 12.8 Å². The Kier molecular flexibility index (Phi) is 3.38. The van der Waals surface area contributed by atoms with Gasteiger partial charge in [0.1, 0.15) is 0 Å². The average Bonchev–Trinajstić information content (AvgIpc) is 2.90. The molecule has 0 spiro atoms. The van der Waals surface area contributed by atoms with Gasteiger partial charge in [-0.3, -0.25) is 0 Å². The van der Waals surface area contributed by atoms with Crippen LogP contribution in [-0.4, -0.2) is 29.9 Å². The van der Waals surface area contributed by atoms with Gasteiger partial charge in [-0.05, 0) is 32.2 Å². The molecule has 0 aromatic carbocycles. The van der Waals surface area contributed by atoms with Gasteiger partial charge in [0.15, 0.2) is 5.82 Å². The molecule has 5 nitrogen and oxygen atoms in total. The van der Waals surface area contributed by atoms with E-state index in [0.29, 0.717) is 5.92 Å². The van der Waals surface area contributed by atoms with Gasteiger partial charge in [-0.2, -0.15) is 4.98 Å². The summed E-state index contributed by atoms with van der Waals surface area (Å²) in [6, 6.07) is 0.268. The minimum Gasteiger partial charge on any atom is -0.381 e. The largest absolute Gasteiger partial charge is 0.381 e. The van der Waals surface area contributed by atoms with Gasteiger partial charge in [-0.25, -0.2) is 0 Å². The predicted octanol–water partition coefficient (Wildman–Crippen LogP) is 1.78. The molecule has 0 aliphatic carbocycles. The zero-order valence-corrected chi connectivity index (χ0v) is 10.0. The monoisotopic (exact) mass is 237 g/mol. The zero-order valence-electron chi connectivity index (χ0n) is 10.0. The van der Waals surface area contributed by atoms with Gasteiger partial charge in [0.05, 0.1) is 6.04 Å². The fraction of sp³-hybridized carbons (Fsp3) is 0.833. The van der Waals surface area contributed by atoms with Gasteiger partial charge < -0.3 is 14.6 Å². The summed E-state index contributed by atoms with van der Waals surface area (Å²) in [7, 11) is 0. The normalized spacial score (nSPS) is 27.2. The number of hydrogen-bond acceptors (Lipinski definition) is 5. The van der Waals surface area contributed by atoms with E-state index in [2.05, 4.69) is 15.5 Å². The lowest BCUT2D eigenvalue weighted by Crippen LogP contribution is -2.27. The highest BCUT2D eigenvalue weighted by Crippen LogP contribution is 2.27. The van der Waals surface area contributed by atoms with Gasteiger partial charge in [0.25, 0.3) is 0 Å². The highest BCUT2D eigenvalue weighted by molar-refractivity contribution is 5.00. The third kappa shape index (κ3) is 2.50. The van der Waals surface area contributed by atoms with Crippen LogP contribution in [0, 0.1) is 0 Å². The SMILES string of the molecule is C1CCC(c2nc(C3CCOCC3)no2)NC1. The Balaban J connectivity index is 1.68. The van der Waals surface area contributed by atoms with Crippen LogP contribution >= 0.6 is 0 Å². The first kappa shape index (κ1) is 11.2. The number of nitrogens with one attached hydrogen (secondary N) is 1. The van der Waals surface area contributed by atoms with Crippen molar-refractivity contribution in [2.24, 2.45) is 0 Å². The Hall–Kier alpha value is -0.940. The van der Waals surface area contributed by atoms with E-state index in [1.807, 2.05) is 0 Å². The fourth-order valence-electron chi connectivity index (χ4n) is 2.57. The molecule has 2 aliphatic rings. The smallest absolute Gasteiger partial charge is 0.243 e. The van der Waals surface area contributed by atoms with Gasteiger partial charge in [-0.1, -0.05) is 11.6 Å². The van der Waals surface area contributed by atoms with Crippen molar-refractivity contribution < 1.29 is 9.26 Å². The van der Waals surface area contributed by atoms with Crippen molar-refractivity contribution in [1.29, 1.82) is 0 Å². The number of nitrogens with zero attached hydrogens (tertiary/aromatic N) is 2. The first-order valence-corrected chi connectivity index (χ1v) is 6.58. The molecule has 0 radical (unpaired) electrons. The van der Waals surface area contributed by atoms with Crippen LogP contribution in [0.25, 0.3) is 0 Å². The van der Waals surface area contributed by atoms with E-state index in [0.717, 1.165) is 50.7 Å². The number of aromatic nitrogens is 2. The standard InChI is InChI=1S/C12H19N3O2/c1-2-6-13-10(3-1)12-14-11(15-17-12)9-4-7-16-8-5-9/h9-10,13H,1-8H2. The van der Waals surface area contributed by atoms with Crippen LogP contribution < -0.4 is 5.32 Å². The molecular formula is C12H19N3O2. The maximum absolute atomic E-state index is 5.39. The second kappa shape index (κ2) is 5.14. The van der Waals surface area contributed by atoms with Crippen molar-refractivity contribution in [2.45, 2.75) is 44.1 Å². The van der Waals surface area contributed by atoms with Gasteiger partial charge in [0.2, 0.25) is 5.89 Å². The molecule has 3 heterocycles. The molecule has 0 saturated carbocycles. The Bertz CT molecular complexity index is 322. The van der Waals surface area contributed by atoms with E-state index in [-0.39, 0.29) is 6.04 Å². The number of rotatable bonds is 2. The Morgan fingerprint density at radius 2 is 2.00 bits per heavy atom. The number of piperidine rings is 1. The number of hydrogen-bond donors (Lipinski definition) is 1. The van der Waals surface area contributed by atoms with Crippen molar-refractivity contribution in [2.75, 3.05) is 19.8 Å². The van der Waals surface area contributed by atoms with Gasteiger partial charge in [-0.15, -0.1) is 0 Å². The molecule has 17 heavy (non-hydrogen) atoms. The van der Waals surface area contributed by atoms with Crippen LogP contribution in [0.1, 0.15) is 55.8 Å². The molecule has 1 aromatic rings. The molecule has 0 amide bonds. The first-order valence-electron chi connectivity index (χ1n) is 6.58. The summed E-state index contributed by atoms with van der Waals surface area (Å²) in [5.74, 6) is 2.06. The summed E-state index contributed by atoms with van der Waals surface area (Å²) < 4.78 is 10.7. The van der Waals surface area contributed by atoms with Crippen LogP contribution in [0.3, 0.4) is 0 Å². The van der Waals surface area contributed by atoms with E-state index in [4.69, 9.17) is 9.26 Å². The molecule has 2 fully saturated rings. The molecule has 3 rings (SSSR count). The third-order valence-electron chi connectivity index (χ3n) is 3.65. The molecule has 0 bridgehead atoms. The van der Waals surface area contributed by atoms with Crippen molar-refractivity contribution in [3.63, 3.8) is 0 Å². The summed E-state index contributed by atoms with van der Waals surface area (Å²) >= 11 is 0. The minimum absolute atomic E-state index is 0.268. The molecule has 2 aliphatic heterocycles. The summed E-state index contributed by atoms with van der Waals surface area (Å²) in [5.41, 5.74) is 0. The van der Waals surface area contributed by atoms with E-state index >= 15 is 0 Å². The van der Waals surface area contributed by atoms with Crippen molar-refractivity contribution in [1.82, 2.24) is 15.5 Å². The second-order valence-electron chi connectivity index (χ2n) is 4.88. The van der Waals surface area contributed by atoms with Gasteiger partial charge >= 0.3 is 0 Å². The fourth-order valence-corrected chi connectivity index (χ4v) is 2.57. The lowest BCUT2D eigenvalue weighted by molar-refractivity contribution is 0.0830. The average molecular weight is 237 g/mol. The quantitative estimate of drug-likeness (QED) is 0.849. The zero-order chi connectivity index (χ0) is 11.5. The van der Waals surface area contributed by atoms with Crippen LogP contribution in [0.15, 0.2) is 4.52 Å². The lowest BCUT2D eigenvalue weighted by atomic mass is 10.00. The lowest BCUT2D eigenvalue weighted by Gasteiger charge is -2.20. The third-order valence-corrected chi connectivity index (χ3v) is 3.65. The van der Waals surface area contributed by atoms with E-state index in [1.54, 1.807) is 0 Å². The highest BCUT2D eigenvalue weighted by Gasteiger charge is 2.25. The Morgan fingerprint density at radius 3 is 2.76 bits per heavy atom. The van der Waals surface area contributed by atoms with Crippen LogP contribution in [0.5, 0.6) is 0 Å². The molecule has 1 unspecified atom stereocenters. The molecule has 1 aromatic heterocycles. The second-order valence-corrected chi connectivity index (χ2v) is 4.88. The topological polar surface area (TPSA) is 60.2 Å². The maximum atomic E-state index is 5.39. The number of ether oxygens (including phenoxy) is 1. The molecule has 1 atom stereocenters. The van der Waals surface area contributed by atoms with Gasteiger partial charge in [0, 0.05) is 19.1 Å². The predicted molar refractivity (Wildman–Crippen MR) is 61.7 cm³/mol. The minimum atomic E-state index is 0.268. The first-order chi connectivity index (χ1) is 8.43. The van der Waals surface area contributed by atoms with E-state index in [9.17, 15) is 0 Å². The van der Waals surface area contributed by atoms with Crippen LogP contribution in [-0.2, 0) is 4.74 Å². The van der Waals surface area contributed by atoms with Crippen LogP contribution in [0.4, 0.5) is 0 Å². The summed E-state index contributed by atoms with van der Waals surface area (Å²) in [4.78, 5) is 4.56. The maximum Gasteiger partial charge on any atom is 0.243 e. The Labute approximate surface area is 101 Å². The Morgan fingerprint density at radius 1 is 1.12 bits per heavy atom. The highest BCUT2D eigenvalue weighted by atomic mass is 16.5.